The number of nitrogens with one attached hydrogen (secondary N) is 1. The Kier molecular flexibility index (Phi) is 5.01. The average Bonchev–Trinajstić information content (AvgIpc) is 3.03. The molecule has 3 rings (SSSR count). The molecule has 0 saturated carbocycles. The topological polar surface area (TPSA) is 83.9 Å². The second-order valence-corrected chi connectivity index (χ2v) is 7.05. The van der Waals surface area contributed by atoms with E-state index < -0.39 is 5.60 Å². The number of carbonyl (C=O) groups is 2. The fraction of sp³-hybridized carbons (Fsp3) is 0.556. The van der Waals surface area contributed by atoms with Crippen LogP contribution < -0.4 is 5.32 Å². The van der Waals surface area contributed by atoms with Crippen LogP contribution in [0.3, 0.4) is 0 Å². The highest BCUT2D eigenvalue weighted by molar-refractivity contribution is 6.39. The quantitative estimate of drug-likeness (QED) is 0.897. The van der Waals surface area contributed by atoms with Crippen LogP contribution in [0.15, 0.2) is 29.7 Å². The number of oxime groups is 1. The van der Waals surface area contributed by atoms with Gasteiger partial charge < -0.3 is 15.1 Å². The second kappa shape index (κ2) is 7.21. The molecule has 1 fully saturated rings. The van der Waals surface area contributed by atoms with Crippen LogP contribution in [0.25, 0.3) is 0 Å². The SMILES string of the molecule is CC(C)C(=O)N1CCCC2(CC(C(=O)NCc3cccnc3)=NO2)C1. The molecule has 1 spiro atoms. The zero-order valence-corrected chi connectivity index (χ0v) is 14.7. The minimum absolute atomic E-state index is 0.0419. The highest BCUT2D eigenvalue weighted by atomic mass is 16.7. The van der Waals surface area contributed by atoms with E-state index in [4.69, 9.17) is 4.84 Å². The van der Waals surface area contributed by atoms with Gasteiger partial charge in [-0.25, -0.2) is 0 Å². The maximum absolute atomic E-state index is 12.3. The van der Waals surface area contributed by atoms with E-state index in [1.165, 1.54) is 0 Å². The maximum atomic E-state index is 12.3. The van der Waals surface area contributed by atoms with Gasteiger partial charge in [-0.3, -0.25) is 14.6 Å². The minimum Gasteiger partial charge on any atom is -0.386 e. The Labute approximate surface area is 147 Å². The Morgan fingerprint density at radius 3 is 3.00 bits per heavy atom. The lowest BCUT2D eigenvalue weighted by molar-refractivity contribution is -0.143. The number of hydrogen-bond donors (Lipinski definition) is 1. The number of likely N-dealkylation sites (tertiary alicyclic amines) is 1. The third-order valence-electron chi connectivity index (χ3n) is 4.62. The number of nitrogens with zero attached hydrogens (tertiary/aromatic N) is 3. The molecule has 0 radical (unpaired) electrons. The summed E-state index contributed by atoms with van der Waals surface area (Å²) < 4.78 is 0. The van der Waals surface area contributed by atoms with Crippen LogP contribution in [-0.4, -0.2) is 46.1 Å². The van der Waals surface area contributed by atoms with Crippen LogP contribution in [0.1, 0.15) is 38.7 Å². The van der Waals surface area contributed by atoms with Crippen LogP contribution in [0.2, 0.25) is 0 Å². The summed E-state index contributed by atoms with van der Waals surface area (Å²) in [7, 11) is 0. The van der Waals surface area contributed by atoms with Gasteiger partial charge in [-0.15, -0.1) is 0 Å². The molecule has 1 atom stereocenters. The van der Waals surface area contributed by atoms with Crippen LogP contribution >= 0.6 is 0 Å². The van der Waals surface area contributed by atoms with Crippen molar-refractivity contribution in [3.63, 3.8) is 0 Å². The van der Waals surface area contributed by atoms with E-state index in [1.807, 2.05) is 30.9 Å². The van der Waals surface area contributed by atoms with Gasteiger partial charge in [-0.05, 0) is 24.5 Å². The molecule has 0 aliphatic carbocycles. The highest BCUT2D eigenvalue weighted by Gasteiger charge is 2.45. The summed E-state index contributed by atoms with van der Waals surface area (Å²) in [5.41, 5.74) is 0.767. The Balaban J connectivity index is 1.56. The van der Waals surface area contributed by atoms with Gasteiger partial charge in [0.1, 0.15) is 5.71 Å². The summed E-state index contributed by atoms with van der Waals surface area (Å²) >= 11 is 0. The molecule has 134 valence electrons. The van der Waals surface area contributed by atoms with Crippen molar-refractivity contribution in [3.05, 3.63) is 30.1 Å². The monoisotopic (exact) mass is 344 g/mol. The van der Waals surface area contributed by atoms with E-state index >= 15 is 0 Å². The number of aromatic nitrogens is 1. The van der Waals surface area contributed by atoms with Crippen molar-refractivity contribution in [1.29, 1.82) is 0 Å². The lowest BCUT2D eigenvalue weighted by atomic mass is 9.87. The summed E-state index contributed by atoms with van der Waals surface area (Å²) in [4.78, 5) is 36.1. The first-order valence-corrected chi connectivity index (χ1v) is 8.70. The number of piperidine rings is 1. The number of carbonyl (C=O) groups excluding carboxylic acids is 2. The first kappa shape index (κ1) is 17.4. The molecule has 25 heavy (non-hydrogen) atoms. The fourth-order valence-electron chi connectivity index (χ4n) is 3.30. The van der Waals surface area contributed by atoms with E-state index in [0.717, 1.165) is 24.9 Å². The smallest absolute Gasteiger partial charge is 0.269 e. The lowest BCUT2D eigenvalue weighted by Crippen LogP contribution is -2.51. The molecular formula is C18H24N4O3. The van der Waals surface area contributed by atoms with Crippen molar-refractivity contribution in [2.75, 3.05) is 13.1 Å². The van der Waals surface area contributed by atoms with Gasteiger partial charge in [0.25, 0.3) is 5.91 Å². The van der Waals surface area contributed by atoms with E-state index in [9.17, 15) is 9.59 Å². The first-order chi connectivity index (χ1) is 12.0. The van der Waals surface area contributed by atoms with Gasteiger partial charge >= 0.3 is 0 Å². The number of hydrogen-bond acceptors (Lipinski definition) is 5. The third kappa shape index (κ3) is 3.97. The van der Waals surface area contributed by atoms with Crippen LogP contribution in [0.5, 0.6) is 0 Å². The van der Waals surface area contributed by atoms with Crippen molar-refractivity contribution in [1.82, 2.24) is 15.2 Å². The van der Waals surface area contributed by atoms with Gasteiger partial charge in [0.15, 0.2) is 5.60 Å². The lowest BCUT2D eigenvalue weighted by Gasteiger charge is -2.38. The standard InChI is InChI=1S/C18H24N4O3/c1-13(2)17(24)22-8-4-6-18(12-22)9-15(21-25-18)16(23)20-11-14-5-3-7-19-10-14/h3,5,7,10,13H,4,6,8-9,11-12H2,1-2H3,(H,20,23). The van der Waals surface area contributed by atoms with E-state index in [2.05, 4.69) is 15.5 Å². The van der Waals surface area contributed by atoms with Crippen molar-refractivity contribution < 1.29 is 14.4 Å². The van der Waals surface area contributed by atoms with Crippen molar-refractivity contribution in [2.45, 2.75) is 45.3 Å². The Bertz CT molecular complexity index is 674. The van der Waals surface area contributed by atoms with Gasteiger partial charge in [0.05, 0.1) is 6.54 Å². The van der Waals surface area contributed by atoms with Crippen LogP contribution in [-0.2, 0) is 21.0 Å². The summed E-state index contributed by atoms with van der Waals surface area (Å²) in [5.74, 6) is -0.148. The van der Waals surface area contributed by atoms with Crippen LogP contribution in [0, 0.1) is 5.92 Å². The van der Waals surface area contributed by atoms with Gasteiger partial charge in [-0.2, -0.15) is 0 Å². The van der Waals surface area contributed by atoms with E-state index in [-0.39, 0.29) is 17.7 Å². The summed E-state index contributed by atoms with van der Waals surface area (Å²) in [6.45, 7) is 5.42. The normalized spacial score (nSPS) is 22.7. The molecule has 1 N–H and O–H groups in total. The second-order valence-electron chi connectivity index (χ2n) is 7.05. The Morgan fingerprint density at radius 1 is 1.44 bits per heavy atom. The molecule has 0 bridgehead atoms. The zero-order valence-electron chi connectivity index (χ0n) is 14.7. The Hall–Kier alpha value is -2.44. The molecule has 2 amide bonds. The molecule has 0 aromatic carbocycles. The van der Waals surface area contributed by atoms with Gasteiger partial charge in [-0.1, -0.05) is 25.1 Å². The molecule has 7 heteroatoms. The van der Waals surface area contributed by atoms with Gasteiger partial charge in [0.2, 0.25) is 5.91 Å². The molecule has 7 nitrogen and oxygen atoms in total. The minimum atomic E-state index is -0.552. The Morgan fingerprint density at radius 2 is 2.28 bits per heavy atom. The highest BCUT2D eigenvalue weighted by Crippen LogP contribution is 2.34. The zero-order chi connectivity index (χ0) is 17.9. The molecule has 1 aromatic rings. The van der Waals surface area contributed by atoms with E-state index in [0.29, 0.717) is 25.2 Å². The van der Waals surface area contributed by atoms with Crippen molar-refractivity contribution in [3.8, 4) is 0 Å². The maximum Gasteiger partial charge on any atom is 0.269 e. The predicted molar refractivity (Wildman–Crippen MR) is 92.6 cm³/mol. The molecule has 1 unspecified atom stereocenters. The van der Waals surface area contributed by atoms with Crippen LogP contribution in [0.4, 0.5) is 0 Å². The largest absolute Gasteiger partial charge is 0.386 e. The van der Waals surface area contributed by atoms with Crippen molar-refractivity contribution >= 4 is 17.5 Å². The number of pyridine rings is 1. The first-order valence-electron chi connectivity index (χ1n) is 8.70. The van der Waals surface area contributed by atoms with Crippen molar-refractivity contribution in [2.24, 2.45) is 11.1 Å². The predicted octanol–water partition coefficient (Wildman–Crippen LogP) is 1.49. The molecule has 1 aromatic heterocycles. The average molecular weight is 344 g/mol. The summed E-state index contributed by atoms with van der Waals surface area (Å²) in [5, 5.41) is 6.86. The van der Waals surface area contributed by atoms with Gasteiger partial charge in [0, 0.05) is 37.8 Å². The number of rotatable bonds is 4. The fourth-order valence-corrected chi connectivity index (χ4v) is 3.30. The summed E-state index contributed by atoms with van der Waals surface area (Å²) in [6.07, 6.45) is 5.51. The number of amides is 2. The summed E-state index contributed by atoms with van der Waals surface area (Å²) in [6, 6.07) is 3.73. The molecular weight excluding hydrogens is 320 g/mol. The molecule has 2 aliphatic rings. The molecule has 3 heterocycles. The third-order valence-corrected chi connectivity index (χ3v) is 4.62. The molecule has 2 aliphatic heterocycles. The van der Waals surface area contributed by atoms with E-state index in [1.54, 1.807) is 12.4 Å². The molecule has 1 saturated heterocycles.